The molecule has 3 rings (SSSR count). The van der Waals surface area contributed by atoms with Gasteiger partial charge in [0.2, 0.25) is 5.91 Å². The number of nitrogens with zero attached hydrogens (tertiary/aromatic N) is 2. The first kappa shape index (κ1) is 21.4. The smallest absolute Gasteiger partial charge is 0.405 e. The maximum atomic E-state index is 13.4. The molecule has 3 N–H and O–H groups in total. The Morgan fingerprint density at radius 2 is 2.00 bits per heavy atom. The minimum atomic E-state index is -1.19. The molecule has 1 fully saturated rings. The highest BCUT2D eigenvalue weighted by Crippen LogP contribution is 2.42. The minimum absolute atomic E-state index is 0.00873. The van der Waals surface area contributed by atoms with Crippen LogP contribution in [0.5, 0.6) is 0 Å². The summed E-state index contributed by atoms with van der Waals surface area (Å²) in [6.07, 6.45) is 2.17. The number of aromatic nitrogens is 2. The summed E-state index contributed by atoms with van der Waals surface area (Å²) in [4.78, 5) is 34.4. The van der Waals surface area contributed by atoms with E-state index in [1.54, 1.807) is 11.1 Å². The van der Waals surface area contributed by atoms with Crippen molar-refractivity contribution in [2.75, 3.05) is 0 Å². The number of likely N-dealkylation sites (tertiary alicyclic amines) is 1. The Labute approximate surface area is 179 Å². The molecule has 0 spiro atoms. The van der Waals surface area contributed by atoms with Crippen molar-refractivity contribution in [1.29, 1.82) is 0 Å². The molecule has 1 saturated heterocycles. The largest absolute Gasteiger partial charge is 0.465 e. The van der Waals surface area contributed by atoms with Crippen LogP contribution in [0.4, 0.5) is 4.79 Å². The fourth-order valence-electron chi connectivity index (χ4n) is 4.09. The number of carbonyl (C=O) groups excluding carboxylic acids is 1. The van der Waals surface area contributed by atoms with Crippen molar-refractivity contribution in [2.45, 2.75) is 58.2 Å². The average molecular weight is 463 g/mol. The first-order valence-corrected chi connectivity index (χ1v) is 10.6. The number of H-pyrrole nitrogens is 1. The molecule has 29 heavy (non-hydrogen) atoms. The zero-order valence-electron chi connectivity index (χ0n) is 17.1. The van der Waals surface area contributed by atoms with E-state index in [2.05, 4.69) is 31.2 Å². The van der Waals surface area contributed by atoms with E-state index in [1.165, 1.54) is 0 Å². The van der Waals surface area contributed by atoms with Gasteiger partial charge in [0.1, 0.15) is 11.9 Å². The highest BCUT2D eigenvalue weighted by atomic mass is 79.9. The maximum Gasteiger partial charge on any atom is 0.405 e. The van der Waals surface area contributed by atoms with Gasteiger partial charge in [-0.3, -0.25) is 4.79 Å². The van der Waals surface area contributed by atoms with Gasteiger partial charge >= 0.3 is 6.09 Å². The molecule has 0 bridgehead atoms. The molecule has 8 heteroatoms. The summed E-state index contributed by atoms with van der Waals surface area (Å²) in [6.45, 7) is 7.68. The van der Waals surface area contributed by atoms with Crippen LogP contribution in [0, 0.1) is 5.92 Å². The molecule has 1 aliphatic rings. The fourth-order valence-corrected chi connectivity index (χ4v) is 4.35. The first-order valence-electron chi connectivity index (χ1n) is 9.77. The highest BCUT2D eigenvalue weighted by molar-refractivity contribution is 9.10. The zero-order chi connectivity index (χ0) is 21.3. The summed E-state index contributed by atoms with van der Waals surface area (Å²) in [6, 6.07) is 7.12. The Balaban J connectivity index is 1.94. The van der Waals surface area contributed by atoms with Gasteiger partial charge in [-0.25, -0.2) is 9.78 Å². The van der Waals surface area contributed by atoms with Crippen molar-refractivity contribution < 1.29 is 14.7 Å². The summed E-state index contributed by atoms with van der Waals surface area (Å²) in [5, 5.41) is 11.6. The molecular weight excluding hydrogens is 436 g/mol. The Morgan fingerprint density at radius 3 is 2.59 bits per heavy atom. The number of imidazole rings is 1. The van der Waals surface area contributed by atoms with Gasteiger partial charge in [0.25, 0.3) is 0 Å². The molecular formula is C21H27BrN4O3. The molecule has 1 aromatic carbocycles. The van der Waals surface area contributed by atoms with Crippen LogP contribution >= 0.6 is 15.9 Å². The van der Waals surface area contributed by atoms with Crippen molar-refractivity contribution in [3.05, 3.63) is 40.8 Å². The maximum absolute atomic E-state index is 13.4. The van der Waals surface area contributed by atoms with Crippen LogP contribution < -0.4 is 5.32 Å². The van der Waals surface area contributed by atoms with E-state index in [4.69, 9.17) is 0 Å². The monoisotopic (exact) mass is 462 g/mol. The van der Waals surface area contributed by atoms with E-state index in [0.29, 0.717) is 5.82 Å². The second kappa shape index (κ2) is 8.18. The molecule has 0 aliphatic carbocycles. The number of aromatic amines is 1. The second-order valence-corrected chi connectivity index (χ2v) is 9.11. The topological polar surface area (TPSA) is 98.3 Å². The Kier molecular flexibility index (Phi) is 6.03. The third-order valence-corrected chi connectivity index (χ3v) is 6.24. The lowest BCUT2D eigenvalue weighted by Crippen LogP contribution is -2.56. The summed E-state index contributed by atoms with van der Waals surface area (Å²) in [5.74, 6) is 0.341. The molecule has 0 saturated carbocycles. The van der Waals surface area contributed by atoms with Gasteiger partial charge in [0.15, 0.2) is 0 Å². The number of hydrogen-bond donors (Lipinski definition) is 3. The van der Waals surface area contributed by atoms with Crippen molar-refractivity contribution in [1.82, 2.24) is 20.2 Å². The Morgan fingerprint density at radius 1 is 1.34 bits per heavy atom. The molecule has 7 nitrogen and oxygen atoms in total. The molecule has 2 heterocycles. The molecule has 1 aliphatic heterocycles. The number of carbonyl (C=O) groups is 2. The summed E-state index contributed by atoms with van der Waals surface area (Å²) >= 11 is 3.44. The molecule has 0 radical (unpaired) electrons. The van der Waals surface area contributed by atoms with Crippen LogP contribution in [0.15, 0.2) is 34.9 Å². The summed E-state index contributed by atoms with van der Waals surface area (Å²) in [7, 11) is 0. The van der Waals surface area contributed by atoms with Crippen LogP contribution in [0.2, 0.25) is 0 Å². The Hall–Kier alpha value is -2.35. The lowest BCUT2D eigenvalue weighted by Gasteiger charge is -2.39. The number of halogens is 1. The number of amides is 2. The number of carboxylic acid groups (broad SMARTS) is 1. The third kappa shape index (κ3) is 4.17. The average Bonchev–Trinajstić information content (AvgIpc) is 3.26. The number of rotatable bonds is 5. The van der Waals surface area contributed by atoms with Crippen LogP contribution in [0.25, 0.3) is 11.3 Å². The quantitative estimate of drug-likeness (QED) is 0.614. The lowest BCUT2D eigenvalue weighted by molar-refractivity contribution is -0.141. The molecule has 2 amide bonds. The summed E-state index contributed by atoms with van der Waals surface area (Å²) < 4.78 is 1.000. The number of benzene rings is 1. The number of nitrogens with one attached hydrogen (secondary N) is 2. The van der Waals surface area contributed by atoms with Gasteiger partial charge in [-0.2, -0.15) is 0 Å². The van der Waals surface area contributed by atoms with Crippen molar-refractivity contribution in [3.63, 3.8) is 0 Å². The Bertz CT molecular complexity index is 896. The highest BCUT2D eigenvalue weighted by Gasteiger charge is 2.49. The molecule has 0 unspecified atom stereocenters. The van der Waals surface area contributed by atoms with E-state index in [-0.39, 0.29) is 17.9 Å². The van der Waals surface area contributed by atoms with Crippen LogP contribution in [-0.4, -0.2) is 44.1 Å². The fraction of sp³-hybridized carbons (Fsp3) is 0.476. The predicted octanol–water partition coefficient (Wildman–Crippen LogP) is 4.36. The van der Waals surface area contributed by atoms with Gasteiger partial charge in [-0.05, 0) is 50.3 Å². The minimum Gasteiger partial charge on any atom is -0.465 e. The normalized spacial score (nSPS) is 22.7. The van der Waals surface area contributed by atoms with E-state index in [0.717, 1.165) is 28.6 Å². The molecule has 1 aromatic heterocycles. The van der Waals surface area contributed by atoms with E-state index >= 15 is 0 Å². The molecule has 3 atom stereocenters. The zero-order valence-corrected chi connectivity index (χ0v) is 18.7. The second-order valence-electron chi connectivity index (χ2n) is 8.19. The number of hydrogen-bond acceptors (Lipinski definition) is 3. The standard InChI is InChI=1S/C21H27BrN4O3/c1-12(2)17(25-20(28)29)18(27)26-13(3)9-10-21(26,4)19-23-11-16(24-19)14-5-7-15(22)8-6-14/h5-8,11-13,17,25H,9-10H2,1-4H3,(H,23,24)(H,28,29)/t13-,17-,21-/m0/s1. The van der Waals surface area contributed by atoms with Gasteiger partial charge < -0.3 is 20.3 Å². The van der Waals surface area contributed by atoms with Crippen LogP contribution in [0.3, 0.4) is 0 Å². The van der Waals surface area contributed by atoms with E-state index < -0.39 is 17.7 Å². The van der Waals surface area contributed by atoms with E-state index in [9.17, 15) is 14.7 Å². The van der Waals surface area contributed by atoms with Gasteiger partial charge in [-0.1, -0.05) is 41.9 Å². The van der Waals surface area contributed by atoms with E-state index in [1.807, 2.05) is 52.0 Å². The van der Waals surface area contributed by atoms with Crippen LogP contribution in [0.1, 0.15) is 46.4 Å². The summed E-state index contributed by atoms with van der Waals surface area (Å²) in [5.41, 5.74) is 1.26. The first-order chi connectivity index (χ1) is 13.6. The van der Waals surface area contributed by atoms with Crippen molar-refractivity contribution in [3.8, 4) is 11.3 Å². The molecule has 2 aromatic rings. The van der Waals surface area contributed by atoms with Gasteiger partial charge in [0.05, 0.1) is 17.4 Å². The van der Waals surface area contributed by atoms with Gasteiger partial charge in [0, 0.05) is 10.5 Å². The van der Waals surface area contributed by atoms with Crippen molar-refractivity contribution in [2.24, 2.45) is 5.92 Å². The van der Waals surface area contributed by atoms with Crippen LogP contribution in [-0.2, 0) is 10.3 Å². The third-order valence-electron chi connectivity index (χ3n) is 5.71. The predicted molar refractivity (Wildman–Crippen MR) is 114 cm³/mol. The SMILES string of the molecule is CC(C)[C@H](NC(=O)O)C(=O)N1[C@@H](C)CC[C@@]1(C)c1ncc(-c2ccc(Br)cc2)[nH]1. The van der Waals surface area contributed by atoms with Crippen molar-refractivity contribution >= 4 is 27.9 Å². The lowest BCUT2D eigenvalue weighted by atomic mass is 9.95. The molecule has 156 valence electrons. The van der Waals surface area contributed by atoms with Gasteiger partial charge in [-0.15, -0.1) is 0 Å².